The second kappa shape index (κ2) is 6.41. The van der Waals surface area contributed by atoms with Gasteiger partial charge in [0.1, 0.15) is 5.82 Å². The Bertz CT molecular complexity index is 528. The van der Waals surface area contributed by atoms with Crippen LogP contribution in [0, 0.1) is 17.1 Å². The quantitative estimate of drug-likeness (QED) is 0.635. The van der Waals surface area contributed by atoms with E-state index in [1.807, 2.05) is 9.80 Å². The molecule has 0 radical (unpaired) electrons. The molecule has 0 atom stereocenters. The third-order valence-electron chi connectivity index (χ3n) is 3.45. The first-order valence-corrected chi connectivity index (χ1v) is 6.57. The number of rotatable bonds is 3. The summed E-state index contributed by atoms with van der Waals surface area (Å²) >= 11 is 0. The summed E-state index contributed by atoms with van der Waals surface area (Å²) in [5, 5.41) is 8.60. The molecule has 0 unspecified atom stereocenters. The molecule has 7 heteroatoms. The molecule has 1 heterocycles. The number of halogens is 4. The minimum atomic E-state index is -4.54. The fourth-order valence-corrected chi connectivity index (χ4v) is 2.37. The highest BCUT2D eigenvalue weighted by Gasteiger charge is 2.31. The zero-order valence-corrected chi connectivity index (χ0v) is 11.3. The van der Waals surface area contributed by atoms with Crippen molar-refractivity contribution in [2.75, 3.05) is 32.7 Å². The number of hydrogen-bond acceptors (Lipinski definition) is 3. The van der Waals surface area contributed by atoms with Gasteiger partial charge in [0.25, 0.3) is 0 Å². The van der Waals surface area contributed by atoms with Crippen molar-refractivity contribution in [1.29, 1.82) is 5.26 Å². The van der Waals surface area contributed by atoms with Crippen molar-refractivity contribution in [2.24, 2.45) is 0 Å². The van der Waals surface area contributed by atoms with Gasteiger partial charge in [0, 0.05) is 32.7 Å². The molecule has 114 valence electrons. The molecule has 1 aromatic carbocycles. The summed E-state index contributed by atoms with van der Waals surface area (Å²) in [6, 6.07) is 4.70. The second-order valence-electron chi connectivity index (χ2n) is 5.06. The van der Waals surface area contributed by atoms with E-state index in [-0.39, 0.29) is 6.54 Å². The first kappa shape index (κ1) is 15.7. The summed E-state index contributed by atoms with van der Waals surface area (Å²) in [6.07, 6.45) is -4.54. The Labute approximate surface area is 120 Å². The fraction of sp³-hybridized carbons (Fsp3) is 0.500. The lowest BCUT2D eigenvalue weighted by atomic mass is 10.1. The van der Waals surface area contributed by atoms with Gasteiger partial charge in [-0.2, -0.15) is 18.4 Å². The highest BCUT2D eigenvalue weighted by molar-refractivity contribution is 5.26. The Hall–Kier alpha value is -1.65. The highest BCUT2D eigenvalue weighted by atomic mass is 19.4. The maximum atomic E-state index is 13.3. The van der Waals surface area contributed by atoms with E-state index in [0.29, 0.717) is 44.4 Å². The maximum Gasteiger partial charge on any atom is 0.416 e. The molecular formula is C14H15F4N3. The lowest BCUT2D eigenvalue weighted by molar-refractivity contribution is -0.137. The smallest absolute Gasteiger partial charge is 0.297 e. The third-order valence-corrected chi connectivity index (χ3v) is 3.45. The van der Waals surface area contributed by atoms with Crippen LogP contribution in [-0.2, 0) is 12.7 Å². The molecular weight excluding hydrogens is 286 g/mol. The van der Waals surface area contributed by atoms with E-state index >= 15 is 0 Å². The van der Waals surface area contributed by atoms with Crippen molar-refractivity contribution in [3.05, 3.63) is 35.1 Å². The summed E-state index contributed by atoms with van der Waals surface area (Å²) in [7, 11) is 0. The molecule has 2 rings (SSSR count). The van der Waals surface area contributed by atoms with Crippen molar-refractivity contribution in [2.45, 2.75) is 12.7 Å². The van der Waals surface area contributed by atoms with Crippen LogP contribution in [0.5, 0.6) is 0 Å². The van der Waals surface area contributed by atoms with Crippen LogP contribution in [-0.4, -0.2) is 42.5 Å². The van der Waals surface area contributed by atoms with Crippen LogP contribution in [0.4, 0.5) is 17.6 Å². The monoisotopic (exact) mass is 301 g/mol. The van der Waals surface area contributed by atoms with Crippen molar-refractivity contribution in [3.8, 4) is 6.07 Å². The summed E-state index contributed by atoms with van der Waals surface area (Å²) in [4.78, 5) is 3.94. The number of nitrogens with zero attached hydrogens (tertiary/aromatic N) is 3. The summed E-state index contributed by atoms with van der Waals surface area (Å²) in [6.45, 7) is 3.32. The van der Waals surface area contributed by atoms with Gasteiger partial charge in [-0.15, -0.1) is 0 Å². The van der Waals surface area contributed by atoms with Crippen LogP contribution in [0.2, 0.25) is 0 Å². The molecule has 3 nitrogen and oxygen atoms in total. The summed E-state index contributed by atoms with van der Waals surface area (Å²) in [5.74, 6) is -0.872. The van der Waals surface area contributed by atoms with Gasteiger partial charge in [0.05, 0.1) is 18.2 Å². The van der Waals surface area contributed by atoms with Crippen LogP contribution >= 0.6 is 0 Å². The van der Waals surface area contributed by atoms with Gasteiger partial charge in [0.15, 0.2) is 0 Å². The zero-order valence-electron chi connectivity index (χ0n) is 11.3. The Morgan fingerprint density at radius 1 is 1.05 bits per heavy atom. The normalized spacial score (nSPS) is 17.7. The Morgan fingerprint density at radius 2 is 1.67 bits per heavy atom. The molecule has 0 spiro atoms. The van der Waals surface area contributed by atoms with Crippen LogP contribution < -0.4 is 0 Å². The summed E-state index contributed by atoms with van der Waals surface area (Å²) in [5.41, 5.74) is -0.642. The number of nitriles is 1. The molecule has 1 aromatic rings. The lowest BCUT2D eigenvalue weighted by Gasteiger charge is -2.33. The molecule has 0 saturated carbocycles. The number of benzene rings is 1. The molecule has 0 N–H and O–H groups in total. The average molecular weight is 301 g/mol. The van der Waals surface area contributed by atoms with E-state index in [9.17, 15) is 17.6 Å². The molecule has 1 saturated heterocycles. The SMILES string of the molecule is N#CCN1CCN(Cc2cc(F)cc(C(F)(F)F)c2)CC1. The third kappa shape index (κ3) is 4.41. The Morgan fingerprint density at radius 3 is 2.24 bits per heavy atom. The van der Waals surface area contributed by atoms with Crippen LogP contribution in [0.3, 0.4) is 0 Å². The number of alkyl halides is 3. The molecule has 1 aliphatic rings. The number of hydrogen-bond donors (Lipinski definition) is 0. The standard InChI is InChI=1S/C14H15F4N3/c15-13-8-11(7-12(9-13)14(16,17)18)10-21-5-3-20(2-1-19)4-6-21/h7-9H,2-6,10H2. The van der Waals surface area contributed by atoms with Crippen LogP contribution in [0.1, 0.15) is 11.1 Å². The topological polar surface area (TPSA) is 30.3 Å². The van der Waals surface area contributed by atoms with Gasteiger partial charge in [-0.1, -0.05) is 0 Å². The van der Waals surface area contributed by atoms with E-state index in [0.717, 1.165) is 12.1 Å². The van der Waals surface area contributed by atoms with Gasteiger partial charge < -0.3 is 0 Å². The van der Waals surface area contributed by atoms with Crippen LogP contribution in [0.15, 0.2) is 18.2 Å². The van der Waals surface area contributed by atoms with E-state index in [4.69, 9.17) is 5.26 Å². The largest absolute Gasteiger partial charge is 0.416 e. The molecule has 0 amide bonds. The molecule has 1 fully saturated rings. The van der Waals surface area contributed by atoms with Gasteiger partial charge in [-0.3, -0.25) is 9.80 Å². The number of piperazine rings is 1. The minimum absolute atomic E-state index is 0.279. The Balaban J connectivity index is 2.01. The highest BCUT2D eigenvalue weighted by Crippen LogP contribution is 2.30. The van der Waals surface area contributed by atoms with Gasteiger partial charge in [0.2, 0.25) is 0 Å². The molecule has 21 heavy (non-hydrogen) atoms. The molecule has 1 aliphatic heterocycles. The minimum Gasteiger partial charge on any atom is -0.297 e. The predicted molar refractivity (Wildman–Crippen MR) is 68.7 cm³/mol. The molecule has 0 aromatic heterocycles. The first-order valence-electron chi connectivity index (χ1n) is 6.57. The van der Waals surface area contributed by atoms with Gasteiger partial charge in [-0.25, -0.2) is 4.39 Å². The van der Waals surface area contributed by atoms with E-state index in [1.54, 1.807) is 0 Å². The maximum absolute atomic E-state index is 13.3. The lowest BCUT2D eigenvalue weighted by Crippen LogP contribution is -2.45. The second-order valence-corrected chi connectivity index (χ2v) is 5.06. The zero-order chi connectivity index (χ0) is 15.5. The Kier molecular flexibility index (Phi) is 4.80. The van der Waals surface area contributed by atoms with E-state index in [1.165, 1.54) is 0 Å². The fourth-order valence-electron chi connectivity index (χ4n) is 2.37. The molecule has 0 aliphatic carbocycles. The first-order chi connectivity index (χ1) is 9.88. The predicted octanol–water partition coefficient (Wildman–Crippen LogP) is 2.49. The van der Waals surface area contributed by atoms with Gasteiger partial charge >= 0.3 is 6.18 Å². The van der Waals surface area contributed by atoms with Crippen molar-refractivity contribution < 1.29 is 17.6 Å². The van der Waals surface area contributed by atoms with Crippen molar-refractivity contribution in [1.82, 2.24) is 9.80 Å². The van der Waals surface area contributed by atoms with Crippen molar-refractivity contribution >= 4 is 0 Å². The summed E-state index contributed by atoms with van der Waals surface area (Å²) < 4.78 is 51.2. The van der Waals surface area contributed by atoms with Crippen LogP contribution in [0.25, 0.3) is 0 Å². The molecule has 0 bridgehead atoms. The van der Waals surface area contributed by atoms with E-state index < -0.39 is 17.6 Å². The average Bonchev–Trinajstić information content (AvgIpc) is 2.40. The van der Waals surface area contributed by atoms with Crippen molar-refractivity contribution in [3.63, 3.8) is 0 Å². The van der Waals surface area contributed by atoms with E-state index in [2.05, 4.69) is 6.07 Å². The van der Waals surface area contributed by atoms with Gasteiger partial charge in [-0.05, 0) is 23.8 Å².